The van der Waals surface area contributed by atoms with Gasteiger partial charge in [0.25, 0.3) is 0 Å². The first kappa shape index (κ1) is 6.70. The van der Waals surface area contributed by atoms with Crippen LogP contribution >= 0.6 is 11.6 Å². The Hall–Kier alpha value is -0.420. The van der Waals surface area contributed by atoms with Crippen LogP contribution in [0.1, 0.15) is 0 Å². The maximum atomic E-state index is 10.0. The summed E-state index contributed by atoms with van der Waals surface area (Å²) < 4.78 is 28.3. The SMILES string of the molecule is O=S1(=O)OC(=CCCl)O1. The van der Waals surface area contributed by atoms with E-state index in [1.165, 1.54) is 6.08 Å². The highest BCUT2D eigenvalue weighted by molar-refractivity contribution is 7.83. The lowest BCUT2D eigenvalue weighted by atomic mass is 10.7. The van der Waals surface area contributed by atoms with Crippen LogP contribution in [0, 0.1) is 0 Å². The first-order valence-corrected chi connectivity index (χ1v) is 3.91. The van der Waals surface area contributed by atoms with Crippen molar-refractivity contribution in [2.45, 2.75) is 0 Å². The Balaban J connectivity index is 2.54. The molecule has 0 spiro atoms. The maximum absolute atomic E-state index is 10.0. The minimum atomic E-state index is -3.68. The van der Waals surface area contributed by atoms with E-state index in [0.29, 0.717) is 0 Å². The second kappa shape index (κ2) is 2.07. The monoisotopic (exact) mass is 170 g/mol. The Labute approximate surface area is 57.3 Å². The number of halogens is 1. The van der Waals surface area contributed by atoms with Gasteiger partial charge in [-0.25, -0.2) is 0 Å². The third-order valence-corrected chi connectivity index (χ3v) is 1.50. The molecule has 1 saturated heterocycles. The van der Waals surface area contributed by atoms with E-state index in [4.69, 9.17) is 11.6 Å². The molecule has 52 valence electrons. The van der Waals surface area contributed by atoms with Gasteiger partial charge in [0.2, 0.25) is 0 Å². The van der Waals surface area contributed by atoms with Gasteiger partial charge in [0.15, 0.2) is 0 Å². The average molecular weight is 171 g/mol. The molecule has 0 saturated carbocycles. The molecule has 9 heavy (non-hydrogen) atoms. The predicted molar refractivity (Wildman–Crippen MR) is 29.9 cm³/mol. The van der Waals surface area contributed by atoms with Crippen molar-refractivity contribution in [3.05, 3.63) is 12.0 Å². The van der Waals surface area contributed by atoms with Crippen molar-refractivity contribution in [3.63, 3.8) is 0 Å². The third kappa shape index (κ3) is 1.49. The first-order chi connectivity index (χ1) is 4.14. The van der Waals surface area contributed by atoms with Crippen molar-refractivity contribution in [1.82, 2.24) is 0 Å². The Morgan fingerprint density at radius 2 is 2.11 bits per heavy atom. The quantitative estimate of drug-likeness (QED) is 0.533. The number of allylic oxidation sites excluding steroid dienone is 1. The summed E-state index contributed by atoms with van der Waals surface area (Å²) in [6.45, 7) is 0. The molecule has 0 atom stereocenters. The van der Waals surface area contributed by atoms with E-state index in [9.17, 15) is 8.42 Å². The molecule has 0 radical (unpaired) electrons. The highest BCUT2D eigenvalue weighted by atomic mass is 35.5. The number of rotatable bonds is 1. The second-order valence-electron chi connectivity index (χ2n) is 1.25. The van der Waals surface area contributed by atoms with Crippen molar-refractivity contribution in [2.24, 2.45) is 0 Å². The number of hydrogen-bond donors (Lipinski definition) is 0. The van der Waals surface area contributed by atoms with Crippen molar-refractivity contribution in [2.75, 3.05) is 5.88 Å². The summed E-state index contributed by atoms with van der Waals surface area (Å²) in [6, 6.07) is 0. The highest BCUT2D eigenvalue weighted by Crippen LogP contribution is 2.21. The van der Waals surface area contributed by atoms with E-state index in [2.05, 4.69) is 8.37 Å². The van der Waals surface area contributed by atoms with Crippen LogP contribution in [0.4, 0.5) is 0 Å². The zero-order chi connectivity index (χ0) is 6.91. The lowest BCUT2D eigenvalue weighted by Crippen LogP contribution is -2.21. The van der Waals surface area contributed by atoms with Crippen molar-refractivity contribution < 1.29 is 16.8 Å². The molecular weight excluding hydrogens is 168 g/mol. The van der Waals surface area contributed by atoms with Crippen molar-refractivity contribution in [3.8, 4) is 0 Å². The Morgan fingerprint density at radius 1 is 1.56 bits per heavy atom. The van der Waals surface area contributed by atoms with Gasteiger partial charge in [-0.15, -0.1) is 20.0 Å². The van der Waals surface area contributed by atoms with Gasteiger partial charge in [0.1, 0.15) is 0 Å². The molecule has 1 rings (SSSR count). The summed E-state index contributed by atoms with van der Waals surface area (Å²) in [7, 11) is -3.68. The molecule has 0 aliphatic carbocycles. The lowest BCUT2D eigenvalue weighted by Gasteiger charge is -2.16. The smallest absolute Gasteiger partial charge is 0.315 e. The van der Waals surface area contributed by atoms with Gasteiger partial charge in [0, 0.05) is 12.0 Å². The molecule has 0 N–H and O–H groups in total. The molecule has 1 aliphatic heterocycles. The van der Waals surface area contributed by atoms with Crippen LogP contribution in [0.3, 0.4) is 0 Å². The Bertz CT molecular complexity index is 214. The fraction of sp³-hybridized carbons (Fsp3) is 0.333. The van der Waals surface area contributed by atoms with Crippen LogP contribution in [0.2, 0.25) is 0 Å². The van der Waals surface area contributed by atoms with Gasteiger partial charge in [-0.2, -0.15) is 0 Å². The largest absolute Gasteiger partial charge is 0.506 e. The zero-order valence-electron chi connectivity index (χ0n) is 4.20. The minimum absolute atomic E-state index is 0.0509. The van der Waals surface area contributed by atoms with Gasteiger partial charge in [0.05, 0.1) is 0 Å². The standard InChI is InChI=1S/C3H3ClO4S/c4-2-1-3-7-9(5,6)8-3/h1H,2H2. The van der Waals surface area contributed by atoms with Gasteiger partial charge < -0.3 is 8.37 Å². The van der Waals surface area contributed by atoms with E-state index >= 15 is 0 Å². The summed E-state index contributed by atoms with van der Waals surface area (Å²) >= 11 is 5.17. The molecule has 1 fully saturated rings. The molecular formula is C3H3ClO4S. The number of hydrogen-bond acceptors (Lipinski definition) is 4. The van der Waals surface area contributed by atoms with Gasteiger partial charge in [-0.1, -0.05) is 0 Å². The first-order valence-electron chi connectivity index (χ1n) is 2.04. The normalized spacial score (nSPS) is 21.2. The van der Waals surface area contributed by atoms with Crippen LogP contribution in [-0.4, -0.2) is 14.3 Å². The maximum Gasteiger partial charge on any atom is 0.506 e. The van der Waals surface area contributed by atoms with Crippen molar-refractivity contribution in [1.29, 1.82) is 0 Å². The molecule has 6 heteroatoms. The molecule has 0 aromatic carbocycles. The molecule has 0 bridgehead atoms. The molecule has 0 aromatic rings. The summed E-state index contributed by atoms with van der Waals surface area (Å²) in [5, 5.41) is 0. The van der Waals surface area contributed by atoms with E-state index in [1.54, 1.807) is 0 Å². The minimum Gasteiger partial charge on any atom is -0.315 e. The topological polar surface area (TPSA) is 52.6 Å². The van der Waals surface area contributed by atoms with E-state index < -0.39 is 10.4 Å². The van der Waals surface area contributed by atoms with Crippen LogP contribution < -0.4 is 0 Å². The fourth-order valence-electron chi connectivity index (χ4n) is 0.338. The zero-order valence-corrected chi connectivity index (χ0v) is 5.78. The molecule has 1 aliphatic rings. The van der Waals surface area contributed by atoms with Gasteiger partial charge >= 0.3 is 16.3 Å². The van der Waals surface area contributed by atoms with Crippen LogP contribution in [0.5, 0.6) is 0 Å². The summed E-state index contributed by atoms with van der Waals surface area (Å²) in [5.41, 5.74) is 0. The Kier molecular flexibility index (Phi) is 1.54. The summed E-state index contributed by atoms with van der Waals surface area (Å²) in [4.78, 5) is 0. The van der Waals surface area contributed by atoms with Gasteiger partial charge in [-0.3, -0.25) is 0 Å². The highest BCUT2D eigenvalue weighted by Gasteiger charge is 2.31. The third-order valence-electron chi connectivity index (χ3n) is 0.612. The van der Waals surface area contributed by atoms with Crippen LogP contribution in [0.15, 0.2) is 12.0 Å². The van der Waals surface area contributed by atoms with Crippen LogP contribution in [0.25, 0.3) is 0 Å². The molecule has 0 amide bonds. The Morgan fingerprint density at radius 3 is 2.44 bits per heavy atom. The number of alkyl halides is 1. The summed E-state index contributed by atoms with van der Waals surface area (Å²) in [6.07, 6.45) is 1.31. The van der Waals surface area contributed by atoms with Gasteiger partial charge in [-0.05, 0) is 0 Å². The summed E-state index contributed by atoms with van der Waals surface area (Å²) in [5.74, 6) is 0.121. The van der Waals surface area contributed by atoms with E-state index in [0.717, 1.165) is 0 Å². The van der Waals surface area contributed by atoms with Crippen molar-refractivity contribution >= 4 is 22.0 Å². The molecule has 1 heterocycles. The lowest BCUT2D eigenvalue weighted by molar-refractivity contribution is 0.119. The van der Waals surface area contributed by atoms with E-state index in [1.807, 2.05) is 0 Å². The second-order valence-corrected chi connectivity index (χ2v) is 2.71. The average Bonchev–Trinajstić information content (AvgIpc) is 1.62. The molecule has 4 nitrogen and oxygen atoms in total. The van der Waals surface area contributed by atoms with E-state index in [-0.39, 0.29) is 11.8 Å². The fourth-order valence-corrected chi connectivity index (χ4v) is 1.02. The molecule has 0 unspecified atom stereocenters. The van der Waals surface area contributed by atoms with Crippen LogP contribution in [-0.2, 0) is 18.8 Å². The predicted octanol–water partition coefficient (Wildman–Crippen LogP) is 0.358. The molecule has 0 aromatic heterocycles.